The lowest BCUT2D eigenvalue weighted by atomic mass is 9.85. The van der Waals surface area contributed by atoms with E-state index in [0.29, 0.717) is 16.9 Å². The molecule has 3 nitrogen and oxygen atoms in total. The van der Waals surface area contributed by atoms with Gasteiger partial charge < -0.3 is 9.47 Å². The summed E-state index contributed by atoms with van der Waals surface area (Å²) in [6.45, 7) is 8.96. The molecule has 0 aromatic heterocycles. The zero-order valence-corrected chi connectivity index (χ0v) is 18.2. The van der Waals surface area contributed by atoms with Crippen LogP contribution in [-0.4, -0.2) is 12.1 Å². The number of benzene rings is 2. The summed E-state index contributed by atoms with van der Waals surface area (Å²) in [5.41, 5.74) is 1.78. The van der Waals surface area contributed by atoms with Gasteiger partial charge in [-0.3, -0.25) is 0 Å². The first-order valence-electron chi connectivity index (χ1n) is 10.9. The summed E-state index contributed by atoms with van der Waals surface area (Å²) in [7, 11) is 0. The Morgan fingerprint density at radius 2 is 1.68 bits per heavy atom. The van der Waals surface area contributed by atoms with Crippen LogP contribution in [0.25, 0.3) is 0 Å². The smallest absolute Gasteiger partial charge is 0.338 e. The fraction of sp³-hybridized carbons (Fsp3) is 0.370. The van der Waals surface area contributed by atoms with Crippen LogP contribution in [-0.2, 0) is 11.2 Å². The molecule has 2 aromatic carbocycles. The number of esters is 1. The lowest BCUT2D eigenvalue weighted by Gasteiger charge is -2.28. The molecule has 1 fully saturated rings. The van der Waals surface area contributed by atoms with Gasteiger partial charge in [0.1, 0.15) is 17.7 Å². The van der Waals surface area contributed by atoms with E-state index in [-0.39, 0.29) is 12.5 Å². The van der Waals surface area contributed by atoms with E-state index in [1.54, 1.807) is 31.2 Å². The Bertz CT molecular complexity index is 878. The molecule has 0 spiro atoms. The van der Waals surface area contributed by atoms with Gasteiger partial charge in [-0.2, -0.15) is 0 Å². The van der Waals surface area contributed by atoms with Crippen LogP contribution in [0.1, 0.15) is 56.3 Å². The van der Waals surface area contributed by atoms with E-state index in [1.807, 2.05) is 30.3 Å². The Hall–Kier alpha value is -2.88. The van der Waals surface area contributed by atoms with E-state index in [4.69, 9.17) is 9.47 Å². The van der Waals surface area contributed by atoms with E-state index in [1.165, 1.54) is 12.8 Å². The largest absolute Gasteiger partial charge is 0.490 e. The maximum Gasteiger partial charge on any atom is 0.338 e. The second kappa shape index (κ2) is 10.9. The summed E-state index contributed by atoms with van der Waals surface area (Å²) in [5, 5.41) is 0. The molecule has 0 aliphatic heterocycles. The van der Waals surface area contributed by atoms with Crippen molar-refractivity contribution in [3.63, 3.8) is 0 Å². The molecule has 0 heterocycles. The number of rotatable bonds is 9. The molecule has 3 rings (SSSR count). The van der Waals surface area contributed by atoms with Gasteiger partial charge in [-0.05, 0) is 80.3 Å². The van der Waals surface area contributed by atoms with Crippen LogP contribution in [0.5, 0.6) is 11.5 Å². The van der Waals surface area contributed by atoms with Crippen molar-refractivity contribution in [2.24, 2.45) is 5.92 Å². The van der Waals surface area contributed by atoms with Gasteiger partial charge in [0.15, 0.2) is 0 Å². The first kappa shape index (κ1) is 22.8. The predicted molar refractivity (Wildman–Crippen MR) is 122 cm³/mol. The standard InChI is InChI=1S/C27H31FO3/c1-4-5-20-6-12-23(13-7-20)30-24-14-8-21(9-15-24)18-26(28)22-10-16-25(17-11-22)31-27(29)19(2)3/h4,8-11,14-17,20,23,26H,1-2,5-7,12-13,18H2,3H3. The number of hydrogen-bond acceptors (Lipinski definition) is 3. The molecule has 164 valence electrons. The van der Waals surface area contributed by atoms with Crippen LogP contribution in [0, 0.1) is 5.92 Å². The van der Waals surface area contributed by atoms with Crippen molar-refractivity contribution in [3.05, 3.63) is 84.5 Å². The number of allylic oxidation sites excluding steroid dienone is 1. The zero-order valence-electron chi connectivity index (χ0n) is 18.2. The first-order chi connectivity index (χ1) is 14.9. The molecule has 2 aromatic rings. The zero-order chi connectivity index (χ0) is 22.2. The van der Waals surface area contributed by atoms with Gasteiger partial charge in [0.25, 0.3) is 0 Å². The molecule has 0 radical (unpaired) electrons. The summed E-state index contributed by atoms with van der Waals surface area (Å²) in [6, 6.07) is 14.2. The Labute approximate surface area is 184 Å². The quantitative estimate of drug-likeness (QED) is 0.190. The van der Waals surface area contributed by atoms with Crippen LogP contribution in [0.3, 0.4) is 0 Å². The van der Waals surface area contributed by atoms with E-state index in [9.17, 15) is 9.18 Å². The Morgan fingerprint density at radius 1 is 1.06 bits per heavy atom. The van der Waals surface area contributed by atoms with Gasteiger partial charge >= 0.3 is 5.97 Å². The molecular formula is C27H31FO3. The predicted octanol–water partition coefficient (Wildman–Crippen LogP) is 6.94. The van der Waals surface area contributed by atoms with Gasteiger partial charge in [0.2, 0.25) is 0 Å². The molecule has 0 N–H and O–H groups in total. The molecule has 0 saturated heterocycles. The fourth-order valence-electron chi connectivity index (χ4n) is 3.88. The van der Waals surface area contributed by atoms with Crippen LogP contribution >= 0.6 is 0 Å². The molecule has 1 atom stereocenters. The highest BCUT2D eigenvalue weighted by molar-refractivity contribution is 5.88. The number of halogens is 1. The summed E-state index contributed by atoms with van der Waals surface area (Å²) in [6.07, 6.45) is 7.01. The second-order valence-electron chi connectivity index (χ2n) is 8.34. The van der Waals surface area contributed by atoms with Crippen molar-refractivity contribution in [1.82, 2.24) is 0 Å². The van der Waals surface area contributed by atoms with Crippen molar-refractivity contribution in [1.29, 1.82) is 0 Å². The van der Waals surface area contributed by atoms with E-state index in [2.05, 4.69) is 13.2 Å². The topological polar surface area (TPSA) is 35.5 Å². The van der Waals surface area contributed by atoms with Crippen molar-refractivity contribution >= 4 is 5.97 Å². The SMILES string of the molecule is C=CCC1CCC(Oc2ccc(CC(F)c3ccc(OC(=O)C(=C)C)cc3)cc2)CC1. The number of alkyl halides is 1. The summed E-state index contributed by atoms with van der Waals surface area (Å²) >= 11 is 0. The van der Waals surface area contributed by atoms with E-state index < -0.39 is 12.1 Å². The highest BCUT2D eigenvalue weighted by atomic mass is 19.1. The third-order valence-corrected chi connectivity index (χ3v) is 5.74. The van der Waals surface area contributed by atoms with Crippen molar-refractivity contribution in [2.75, 3.05) is 0 Å². The van der Waals surface area contributed by atoms with Crippen LogP contribution < -0.4 is 9.47 Å². The van der Waals surface area contributed by atoms with Gasteiger partial charge in [-0.15, -0.1) is 6.58 Å². The van der Waals surface area contributed by atoms with Gasteiger partial charge in [-0.25, -0.2) is 9.18 Å². The highest BCUT2D eigenvalue weighted by Gasteiger charge is 2.21. The number of hydrogen-bond donors (Lipinski definition) is 0. The average molecular weight is 423 g/mol. The molecule has 0 bridgehead atoms. The maximum atomic E-state index is 14.8. The third kappa shape index (κ3) is 6.81. The minimum absolute atomic E-state index is 0.262. The van der Waals surface area contributed by atoms with Crippen molar-refractivity contribution in [3.8, 4) is 11.5 Å². The highest BCUT2D eigenvalue weighted by Crippen LogP contribution is 2.30. The Morgan fingerprint density at radius 3 is 2.26 bits per heavy atom. The molecule has 1 unspecified atom stereocenters. The third-order valence-electron chi connectivity index (χ3n) is 5.74. The normalized spacial score (nSPS) is 19.3. The van der Waals surface area contributed by atoms with Crippen molar-refractivity contribution < 1.29 is 18.7 Å². The van der Waals surface area contributed by atoms with Crippen molar-refractivity contribution in [2.45, 2.75) is 57.7 Å². The average Bonchev–Trinajstić information content (AvgIpc) is 2.77. The summed E-state index contributed by atoms with van der Waals surface area (Å²) in [4.78, 5) is 11.6. The molecule has 4 heteroatoms. The molecule has 1 aliphatic rings. The number of ether oxygens (including phenoxy) is 2. The monoisotopic (exact) mass is 422 g/mol. The molecular weight excluding hydrogens is 391 g/mol. The van der Waals surface area contributed by atoms with E-state index in [0.717, 1.165) is 36.5 Å². The van der Waals surface area contributed by atoms with Gasteiger partial charge in [0.05, 0.1) is 6.10 Å². The second-order valence-corrected chi connectivity index (χ2v) is 8.34. The van der Waals surface area contributed by atoms with Gasteiger partial charge in [0, 0.05) is 12.0 Å². The lowest BCUT2D eigenvalue weighted by molar-refractivity contribution is -0.130. The fourth-order valence-corrected chi connectivity index (χ4v) is 3.88. The van der Waals surface area contributed by atoms with Crippen LogP contribution in [0.2, 0.25) is 0 Å². The lowest BCUT2D eigenvalue weighted by Crippen LogP contribution is -2.23. The maximum absolute atomic E-state index is 14.8. The summed E-state index contributed by atoms with van der Waals surface area (Å²) < 4.78 is 26.0. The number of carbonyl (C=O) groups is 1. The first-order valence-corrected chi connectivity index (χ1v) is 10.9. The minimum atomic E-state index is -1.14. The van der Waals surface area contributed by atoms with E-state index >= 15 is 0 Å². The van der Waals surface area contributed by atoms with Crippen LogP contribution in [0.4, 0.5) is 4.39 Å². The Balaban J connectivity index is 1.49. The van der Waals surface area contributed by atoms with Gasteiger partial charge in [-0.1, -0.05) is 36.9 Å². The minimum Gasteiger partial charge on any atom is -0.490 e. The summed E-state index contributed by atoms with van der Waals surface area (Å²) in [5.74, 6) is 1.48. The molecule has 0 amide bonds. The molecule has 1 saturated carbocycles. The number of carbonyl (C=O) groups excluding carboxylic acids is 1. The molecule has 1 aliphatic carbocycles. The Kier molecular flexibility index (Phi) is 8.05. The van der Waals surface area contributed by atoms with Crippen LogP contribution in [0.15, 0.2) is 73.3 Å². The molecule has 31 heavy (non-hydrogen) atoms.